The van der Waals surface area contributed by atoms with Crippen molar-refractivity contribution in [2.24, 2.45) is 0 Å². The molecule has 1 fully saturated rings. The normalized spacial score (nSPS) is 18.1. The Bertz CT molecular complexity index is 892. The van der Waals surface area contributed by atoms with E-state index < -0.39 is 0 Å². The number of nitrogens with one attached hydrogen (secondary N) is 1. The van der Waals surface area contributed by atoms with Gasteiger partial charge in [-0.3, -0.25) is 0 Å². The summed E-state index contributed by atoms with van der Waals surface area (Å²) in [6.07, 6.45) is 2.89. The lowest BCUT2D eigenvalue weighted by Crippen LogP contribution is -2.39. The van der Waals surface area contributed by atoms with Gasteiger partial charge in [-0.15, -0.1) is 0 Å². The molecule has 0 spiro atoms. The summed E-state index contributed by atoms with van der Waals surface area (Å²) < 4.78 is 1.88. The molecule has 1 atom stereocenters. The monoisotopic (exact) mass is 365 g/mol. The summed E-state index contributed by atoms with van der Waals surface area (Å²) in [5.41, 5.74) is 3.86. The van der Waals surface area contributed by atoms with Gasteiger partial charge in [0.15, 0.2) is 5.65 Å². The molecular weight excluding hydrogens is 338 g/mol. The van der Waals surface area contributed by atoms with Crippen LogP contribution in [0.2, 0.25) is 0 Å². The summed E-state index contributed by atoms with van der Waals surface area (Å²) >= 11 is 0. The minimum absolute atomic E-state index is 0.160. The number of hydrogen-bond donors (Lipinski definition) is 2. The predicted molar refractivity (Wildman–Crippen MR) is 108 cm³/mol. The smallest absolute Gasteiger partial charge is 0.158 e. The van der Waals surface area contributed by atoms with Crippen LogP contribution in [-0.4, -0.2) is 56.9 Å². The van der Waals surface area contributed by atoms with E-state index in [-0.39, 0.29) is 6.10 Å². The van der Waals surface area contributed by atoms with Crippen LogP contribution in [0.25, 0.3) is 16.9 Å². The molecule has 142 valence electrons. The van der Waals surface area contributed by atoms with Gasteiger partial charge in [-0.25, -0.2) is 4.98 Å². The van der Waals surface area contributed by atoms with E-state index in [4.69, 9.17) is 4.98 Å². The van der Waals surface area contributed by atoms with Gasteiger partial charge in [0.1, 0.15) is 5.82 Å². The molecule has 0 aliphatic carbocycles. The molecule has 1 aromatic carbocycles. The van der Waals surface area contributed by atoms with Crippen molar-refractivity contribution >= 4 is 11.5 Å². The molecule has 3 aromatic rings. The maximum absolute atomic E-state index is 9.80. The second-order valence-electron chi connectivity index (χ2n) is 7.33. The van der Waals surface area contributed by atoms with Gasteiger partial charge in [0.2, 0.25) is 0 Å². The Balaban J connectivity index is 1.47. The van der Waals surface area contributed by atoms with Crippen molar-refractivity contribution in [2.75, 3.05) is 31.5 Å². The van der Waals surface area contributed by atoms with Gasteiger partial charge >= 0.3 is 0 Å². The first-order valence-electron chi connectivity index (χ1n) is 9.76. The van der Waals surface area contributed by atoms with E-state index >= 15 is 0 Å². The number of aliphatic hydroxyl groups excluding tert-OH is 1. The largest absolute Gasteiger partial charge is 0.392 e. The molecule has 1 aliphatic heterocycles. The van der Waals surface area contributed by atoms with E-state index in [1.54, 1.807) is 0 Å². The van der Waals surface area contributed by atoms with Crippen molar-refractivity contribution in [1.29, 1.82) is 0 Å². The number of hydrogen-bond acceptors (Lipinski definition) is 5. The lowest BCUT2D eigenvalue weighted by atomic mass is 10.1. The lowest BCUT2D eigenvalue weighted by molar-refractivity contribution is 0.0706. The molecule has 0 saturated carbocycles. The third-order valence-electron chi connectivity index (χ3n) is 5.06. The molecule has 2 N–H and O–H groups in total. The second kappa shape index (κ2) is 8.06. The number of piperidine rings is 1. The van der Waals surface area contributed by atoms with Crippen molar-refractivity contribution in [3.8, 4) is 11.3 Å². The number of aryl methyl sites for hydroxylation is 1. The Morgan fingerprint density at radius 3 is 2.89 bits per heavy atom. The summed E-state index contributed by atoms with van der Waals surface area (Å²) in [7, 11) is 0. The van der Waals surface area contributed by atoms with E-state index in [0.29, 0.717) is 0 Å². The number of nitrogens with zero attached hydrogens (tertiary/aromatic N) is 4. The van der Waals surface area contributed by atoms with Crippen LogP contribution in [0.4, 0.5) is 5.82 Å². The maximum atomic E-state index is 9.80. The van der Waals surface area contributed by atoms with E-state index in [2.05, 4.69) is 33.5 Å². The third kappa shape index (κ3) is 4.28. The fourth-order valence-electron chi connectivity index (χ4n) is 3.73. The zero-order valence-corrected chi connectivity index (χ0v) is 15.8. The van der Waals surface area contributed by atoms with Gasteiger partial charge in [0.25, 0.3) is 0 Å². The van der Waals surface area contributed by atoms with Gasteiger partial charge < -0.3 is 15.3 Å². The number of aromatic nitrogens is 3. The van der Waals surface area contributed by atoms with Gasteiger partial charge in [-0.05, 0) is 39.3 Å². The second-order valence-corrected chi connectivity index (χ2v) is 7.33. The van der Waals surface area contributed by atoms with Crippen LogP contribution in [-0.2, 0) is 0 Å². The molecule has 4 rings (SSSR count). The van der Waals surface area contributed by atoms with E-state index in [0.717, 1.165) is 73.9 Å². The molecule has 0 bridgehead atoms. The Morgan fingerprint density at radius 1 is 1.22 bits per heavy atom. The zero-order valence-electron chi connectivity index (χ0n) is 15.8. The fourth-order valence-corrected chi connectivity index (χ4v) is 3.73. The highest BCUT2D eigenvalue weighted by Crippen LogP contribution is 2.22. The summed E-state index contributed by atoms with van der Waals surface area (Å²) in [5, 5.41) is 17.9. The highest BCUT2D eigenvalue weighted by molar-refractivity contribution is 5.66. The number of likely N-dealkylation sites (tertiary alicyclic amines) is 1. The average Bonchev–Trinajstić information content (AvgIpc) is 3.06. The number of anilines is 1. The van der Waals surface area contributed by atoms with Crippen molar-refractivity contribution in [3.05, 3.63) is 48.2 Å². The van der Waals surface area contributed by atoms with Crippen LogP contribution in [0.15, 0.2) is 42.5 Å². The van der Waals surface area contributed by atoms with E-state index in [1.807, 2.05) is 35.7 Å². The van der Waals surface area contributed by atoms with Crippen molar-refractivity contribution < 1.29 is 5.11 Å². The molecule has 3 heterocycles. The molecule has 0 radical (unpaired) electrons. The zero-order chi connectivity index (χ0) is 18.6. The number of β-amino-alcohol motifs (C(OH)–C–C–N with tert-alkyl or cyclic N) is 1. The highest BCUT2D eigenvalue weighted by atomic mass is 16.3. The summed E-state index contributed by atoms with van der Waals surface area (Å²) in [6.45, 7) is 5.74. The van der Waals surface area contributed by atoms with Crippen molar-refractivity contribution in [2.45, 2.75) is 32.3 Å². The van der Waals surface area contributed by atoms with Crippen LogP contribution in [0.5, 0.6) is 0 Å². The fraction of sp³-hybridized carbons (Fsp3) is 0.429. The van der Waals surface area contributed by atoms with E-state index in [9.17, 15) is 5.11 Å². The number of fused-ring (bicyclic) bond motifs is 1. The minimum Gasteiger partial charge on any atom is -0.392 e. The molecule has 27 heavy (non-hydrogen) atoms. The van der Waals surface area contributed by atoms with Crippen molar-refractivity contribution in [1.82, 2.24) is 19.5 Å². The molecule has 1 aliphatic rings. The SMILES string of the molecule is Cc1cc2nc(-c3ccccc3)cc(NCCCN3CCCC(O)C3)n2n1. The quantitative estimate of drug-likeness (QED) is 0.658. The number of rotatable bonds is 6. The van der Waals surface area contributed by atoms with Crippen LogP contribution in [0, 0.1) is 6.92 Å². The highest BCUT2D eigenvalue weighted by Gasteiger charge is 2.17. The Morgan fingerprint density at radius 2 is 2.07 bits per heavy atom. The minimum atomic E-state index is -0.160. The van der Waals surface area contributed by atoms with Gasteiger partial charge in [0, 0.05) is 30.8 Å². The molecule has 6 heteroatoms. The standard InChI is InChI=1S/C21H27N5O/c1-16-13-21-23-19(17-7-3-2-4-8-17)14-20(26(21)24-16)22-10-6-12-25-11-5-9-18(27)15-25/h2-4,7-8,13-14,18,22,27H,5-6,9-12,15H2,1H3. The molecule has 1 unspecified atom stereocenters. The Hall–Kier alpha value is -2.44. The van der Waals surface area contributed by atoms with Gasteiger partial charge in [-0.2, -0.15) is 9.61 Å². The molecular formula is C21H27N5O. The van der Waals surface area contributed by atoms with Crippen molar-refractivity contribution in [3.63, 3.8) is 0 Å². The first-order valence-corrected chi connectivity index (χ1v) is 9.76. The lowest BCUT2D eigenvalue weighted by Gasteiger charge is -2.29. The number of benzene rings is 1. The Kier molecular flexibility index (Phi) is 5.36. The predicted octanol–water partition coefficient (Wildman–Crippen LogP) is 2.96. The van der Waals surface area contributed by atoms with Crippen LogP contribution >= 0.6 is 0 Å². The van der Waals surface area contributed by atoms with Crippen LogP contribution in [0.3, 0.4) is 0 Å². The van der Waals surface area contributed by atoms with Crippen LogP contribution < -0.4 is 5.32 Å². The first-order chi connectivity index (χ1) is 13.2. The van der Waals surface area contributed by atoms with E-state index in [1.165, 1.54) is 0 Å². The molecule has 1 saturated heterocycles. The summed E-state index contributed by atoms with van der Waals surface area (Å²) in [4.78, 5) is 7.11. The summed E-state index contributed by atoms with van der Waals surface area (Å²) in [5.74, 6) is 0.964. The van der Waals surface area contributed by atoms with Crippen LogP contribution in [0.1, 0.15) is 25.0 Å². The third-order valence-corrected chi connectivity index (χ3v) is 5.06. The molecule has 0 amide bonds. The first kappa shape index (κ1) is 17.9. The van der Waals surface area contributed by atoms with Gasteiger partial charge in [0.05, 0.1) is 17.5 Å². The maximum Gasteiger partial charge on any atom is 0.158 e. The Labute approximate surface area is 159 Å². The summed E-state index contributed by atoms with van der Waals surface area (Å²) in [6, 6.07) is 14.3. The molecule has 2 aromatic heterocycles. The molecule has 6 nitrogen and oxygen atoms in total. The van der Waals surface area contributed by atoms with Gasteiger partial charge in [-0.1, -0.05) is 30.3 Å². The average molecular weight is 365 g/mol. The number of aliphatic hydroxyl groups is 1. The topological polar surface area (TPSA) is 65.7 Å².